The molecule has 1 fully saturated rings. The van der Waals surface area contributed by atoms with Crippen molar-refractivity contribution >= 4 is 11.9 Å². The lowest BCUT2D eigenvalue weighted by Gasteiger charge is -2.21. The van der Waals surface area contributed by atoms with Crippen molar-refractivity contribution in [2.24, 2.45) is 5.73 Å². The Morgan fingerprint density at radius 3 is 2.25 bits per heavy atom. The van der Waals surface area contributed by atoms with Gasteiger partial charge < -0.3 is 30.6 Å². The Bertz CT molecular complexity index is 784. The van der Waals surface area contributed by atoms with Gasteiger partial charge in [-0.1, -0.05) is 31.4 Å². The van der Waals surface area contributed by atoms with Crippen molar-refractivity contribution in [1.29, 1.82) is 0 Å². The summed E-state index contributed by atoms with van der Waals surface area (Å²) in [6, 6.07) is 7.96. The van der Waals surface area contributed by atoms with Gasteiger partial charge in [-0.3, -0.25) is 0 Å². The highest BCUT2D eigenvalue weighted by molar-refractivity contribution is 5.37. The Balaban J connectivity index is 1.56. The van der Waals surface area contributed by atoms with Gasteiger partial charge in [0.25, 0.3) is 0 Å². The Hall–Kier alpha value is -2.49. The molecule has 0 atom stereocenters. The van der Waals surface area contributed by atoms with Crippen LogP contribution in [0.3, 0.4) is 0 Å². The monoisotopic (exact) mass is 444 g/mol. The largest absolute Gasteiger partial charge is 0.497 e. The van der Waals surface area contributed by atoms with E-state index in [1.807, 2.05) is 24.3 Å². The molecule has 0 unspecified atom stereocenters. The Kier molecular flexibility index (Phi) is 10.4. The van der Waals surface area contributed by atoms with Crippen LogP contribution in [0.4, 0.5) is 11.9 Å². The van der Waals surface area contributed by atoms with Gasteiger partial charge in [-0.15, -0.1) is 0 Å². The molecule has 176 valence electrons. The summed E-state index contributed by atoms with van der Waals surface area (Å²) in [6.07, 6.45) is 6.02. The zero-order chi connectivity index (χ0) is 22.4. The van der Waals surface area contributed by atoms with Gasteiger partial charge in [0.1, 0.15) is 11.6 Å². The fourth-order valence-electron chi connectivity index (χ4n) is 3.66. The van der Waals surface area contributed by atoms with E-state index in [-0.39, 0.29) is 0 Å². The van der Waals surface area contributed by atoms with E-state index in [0.717, 1.165) is 30.0 Å². The Labute approximate surface area is 190 Å². The highest BCUT2D eigenvalue weighted by Crippen LogP contribution is 2.31. The summed E-state index contributed by atoms with van der Waals surface area (Å²) in [4.78, 5) is 14.0. The topological polar surface area (TPSA) is 116 Å². The molecule has 1 aliphatic carbocycles. The second-order valence-corrected chi connectivity index (χ2v) is 7.82. The molecule has 0 saturated heterocycles. The molecule has 2 aromatic rings. The van der Waals surface area contributed by atoms with Crippen molar-refractivity contribution in [2.75, 3.05) is 57.3 Å². The molecule has 0 bridgehead atoms. The number of nitrogens with one attached hydrogen (secondary N) is 2. The Morgan fingerprint density at radius 1 is 0.875 bits per heavy atom. The number of hydrogen-bond donors (Lipinski definition) is 3. The average Bonchev–Trinajstić information content (AvgIpc) is 2.85. The second kappa shape index (κ2) is 13.8. The molecule has 32 heavy (non-hydrogen) atoms. The molecule has 1 aromatic heterocycles. The van der Waals surface area contributed by atoms with Crippen molar-refractivity contribution in [2.45, 2.75) is 44.6 Å². The summed E-state index contributed by atoms with van der Waals surface area (Å²) in [5, 5.41) is 6.62. The van der Waals surface area contributed by atoms with E-state index in [9.17, 15) is 0 Å². The van der Waals surface area contributed by atoms with Crippen molar-refractivity contribution < 1.29 is 14.2 Å². The van der Waals surface area contributed by atoms with Gasteiger partial charge in [0, 0.05) is 25.6 Å². The molecular weight excluding hydrogens is 408 g/mol. The first-order chi connectivity index (χ1) is 15.8. The van der Waals surface area contributed by atoms with E-state index in [2.05, 4.69) is 15.6 Å². The third kappa shape index (κ3) is 8.22. The summed E-state index contributed by atoms with van der Waals surface area (Å²) < 4.78 is 16.1. The number of hydrogen-bond acceptors (Lipinski definition) is 9. The minimum absolute atomic E-state index is 0.393. The fraction of sp³-hybridized carbons (Fsp3) is 0.609. The summed E-state index contributed by atoms with van der Waals surface area (Å²) >= 11 is 0. The number of ether oxygens (including phenoxy) is 3. The molecule has 0 radical (unpaired) electrons. The summed E-state index contributed by atoms with van der Waals surface area (Å²) in [5.41, 5.74) is 6.52. The third-order valence-corrected chi connectivity index (χ3v) is 5.40. The van der Waals surface area contributed by atoms with Gasteiger partial charge in [-0.05, 0) is 30.5 Å². The SMILES string of the molecule is COc1ccc(CNc2nc(NCCOCCOCCN)nc(C3CCCCC3)n2)cc1. The highest BCUT2D eigenvalue weighted by atomic mass is 16.5. The summed E-state index contributed by atoms with van der Waals surface area (Å²) in [6.45, 7) is 3.97. The standard InChI is InChI=1S/C23H36N6O3/c1-30-20-9-7-18(8-10-20)17-26-23-28-21(19-5-3-2-4-6-19)27-22(29-23)25-12-14-32-16-15-31-13-11-24/h7-10,19H,2-6,11-17,24H2,1H3,(H2,25,26,27,28,29). The molecule has 1 heterocycles. The first kappa shape index (κ1) is 24.2. The van der Waals surface area contributed by atoms with E-state index in [1.54, 1.807) is 7.11 Å². The van der Waals surface area contributed by atoms with Crippen LogP contribution in [0.5, 0.6) is 5.75 Å². The lowest BCUT2D eigenvalue weighted by atomic mass is 9.89. The van der Waals surface area contributed by atoms with Crippen molar-refractivity contribution in [3.8, 4) is 5.75 Å². The van der Waals surface area contributed by atoms with E-state index >= 15 is 0 Å². The normalized spacial score (nSPS) is 14.3. The molecule has 0 amide bonds. The molecule has 1 saturated carbocycles. The predicted molar refractivity (Wildman–Crippen MR) is 125 cm³/mol. The van der Waals surface area contributed by atoms with Crippen molar-refractivity contribution in [1.82, 2.24) is 15.0 Å². The molecule has 3 rings (SSSR count). The second-order valence-electron chi connectivity index (χ2n) is 7.82. The number of anilines is 2. The van der Waals surface area contributed by atoms with Crippen molar-refractivity contribution in [3.63, 3.8) is 0 Å². The van der Waals surface area contributed by atoms with E-state index in [4.69, 9.17) is 29.9 Å². The zero-order valence-corrected chi connectivity index (χ0v) is 19.0. The van der Waals surface area contributed by atoms with Gasteiger partial charge in [-0.25, -0.2) is 0 Å². The summed E-state index contributed by atoms with van der Waals surface area (Å²) in [5.74, 6) is 3.28. The molecule has 9 nitrogen and oxygen atoms in total. The number of benzene rings is 1. The van der Waals surface area contributed by atoms with Crippen LogP contribution in [0.2, 0.25) is 0 Å². The quantitative estimate of drug-likeness (QED) is 0.378. The number of nitrogens with two attached hydrogens (primary N) is 1. The van der Waals surface area contributed by atoms with Gasteiger partial charge in [0.05, 0.1) is 33.5 Å². The molecular formula is C23H36N6O3. The van der Waals surface area contributed by atoms with Crippen LogP contribution in [0, 0.1) is 0 Å². The van der Waals surface area contributed by atoms with Crippen molar-refractivity contribution in [3.05, 3.63) is 35.7 Å². The first-order valence-electron chi connectivity index (χ1n) is 11.5. The van der Waals surface area contributed by atoms with E-state index in [0.29, 0.717) is 63.9 Å². The number of rotatable bonds is 14. The number of nitrogens with zero attached hydrogens (tertiary/aromatic N) is 3. The zero-order valence-electron chi connectivity index (χ0n) is 19.0. The van der Waals surface area contributed by atoms with E-state index < -0.39 is 0 Å². The molecule has 4 N–H and O–H groups in total. The van der Waals surface area contributed by atoms with Crippen LogP contribution >= 0.6 is 0 Å². The fourth-order valence-corrected chi connectivity index (χ4v) is 3.66. The van der Waals surface area contributed by atoms with Gasteiger partial charge in [0.15, 0.2) is 0 Å². The maximum atomic E-state index is 5.58. The maximum absolute atomic E-state index is 5.58. The molecule has 0 spiro atoms. The van der Waals surface area contributed by atoms with Crippen LogP contribution in [-0.2, 0) is 16.0 Å². The molecule has 1 aliphatic rings. The molecule has 9 heteroatoms. The van der Waals surface area contributed by atoms with Crippen LogP contribution < -0.4 is 21.1 Å². The molecule has 0 aliphatic heterocycles. The van der Waals surface area contributed by atoms with Crippen LogP contribution in [0.25, 0.3) is 0 Å². The predicted octanol–water partition coefficient (Wildman–Crippen LogP) is 2.94. The lowest BCUT2D eigenvalue weighted by molar-refractivity contribution is 0.0547. The van der Waals surface area contributed by atoms with Gasteiger partial charge in [0.2, 0.25) is 11.9 Å². The minimum atomic E-state index is 0.393. The number of methoxy groups -OCH3 is 1. The highest BCUT2D eigenvalue weighted by Gasteiger charge is 2.20. The van der Waals surface area contributed by atoms with Gasteiger partial charge in [-0.2, -0.15) is 15.0 Å². The third-order valence-electron chi connectivity index (χ3n) is 5.40. The summed E-state index contributed by atoms with van der Waals surface area (Å²) in [7, 11) is 1.67. The number of aromatic nitrogens is 3. The van der Waals surface area contributed by atoms with Crippen LogP contribution in [0.15, 0.2) is 24.3 Å². The maximum Gasteiger partial charge on any atom is 0.228 e. The average molecular weight is 445 g/mol. The van der Waals surface area contributed by atoms with Crippen LogP contribution in [-0.4, -0.2) is 61.6 Å². The van der Waals surface area contributed by atoms with Gasteiger partial charge >= 0.3 is 0 Å². The lowest BCUT2D eigenvalue weighted by Crippen LogP contribution is -2.18. The first-order valence-corrected chi connectivity index (χ1v) is 11.5. The smallest absolute Gasteiger partial charge is 0.228 e. The Morgan fingerprint density at radius 2 is 1.56 bits per heavy atom. The van der Waals surface area contributed by atoms with E-state index in [1.165, 1.54) is 19.3 Å². The van der Waals surface area contributed by atoms with Crippen LogP contribution in [0.1, 0.15) is 49.4 Å². The minimum Gasteiger partial charge on any atom is -0.497 e. The molecule has 1 aromatic carbocycles.